The molecule has 0 aromatic heterocycles. The first-order chi connectivity index (χ1) is 6.54. The number of aromatic hydroxyl groups is 1. The normalized spacial score (nSPS) is 12.6. The third-order valence-corrected chi connectivity index (χ3v) is 2.10. The molecule has 1 atom stereocenters. The molecule has 14 heavy (non-hydrogen) atoms. The van der Waals surface area contributed by atoms with E-state index in [-0.39, 0.29) is 11.8 Å². The van der Waals surface area contributed by atoms with Crippen molar-refractivity contribution < 1.29 is 9.84 Å². The molecule has 0 amide bonds. The average molecular weight is 195 g/mol. The zero-order chi connectivity index (χ0) is 10.7. The zero-order valence-corrected chi connectivity index (χ0v) is 8.87. The van der Waals surface area contributed by atoms with Crippen molar-refractivity contribution in [2.45, 2.75) is 26.3 Å². The molecule has 0 aliphatic heterocycles. The van der Waals surface area contributed by atoms with Crippen LogP contribution in [0.3, 0.4) is 0 Å². The Morgan fingerprint density at radius 1 is 1.50 bits per heavy atom. The number of phenols is 1. The second-order valence-corrected chi connectivity index (χ2v) is 3.64. The van der Waals surface area contributed by atoms with Crippen LogP contribution in [0.4, 0.5) is 0 Å². The van der Waals surface area contributed by atoms with Crippen LogP contribution in [0, 0.1) is 6.92 Å². The van der Waals surface area contributed by atoms with Crippen LogP contribution in [0.5, 0.6) is 11.5 Å². The Kier molecular flexibility index (Phi) is 3.36. The number of phenolic OH excluding ortho intramolecular Hbond substituents is 1. The maximum absolute atomic E-state index is 9.60. The second kappa shape index (κ2) is 4.33. The SMILES string of the molecule is COc1cc(CC(C)N)cc(C)c1O. The number of hydrogen-bond acceptors (Lipinski definition) is 3. The van der Waals surface area contributed by atoms with Crippen molar-refractivity contribution in [3.8, 4) is 11.5 Å². The highest BCUT2D eigenvalue weighted by Gasteiger charge is 2.08. The van der Waals surface area contributed by atoms with Gasteiger partial charge in [0.1, 0.15) is 0 Å². The van der Waals surface area contributed by atoms with Crippen molar-refractivity contribution in [2.75, 3.05) is 7.11 Å². The predicted molar refractivity (Wildman–Crippen MR) is 56.7 cm³/mol. The first-order valence-corrected chi connectivity index (χ1v) is 4.66. The summed E-state index contributed by atoms with van der Waals surface area (Å²) in [6.07, 6.45) is 0.789. The van der Waals surface area contributed by atoms with Gasteiger partial charge in [0, 0.05) is 6.04 Å². The highest BCUT2D eigenvalue weighted by Crippen LogP contribution is 2.30. The monoisotopic (exact) mass is 195 g/mol. The summed E-state index contributed by atoms with van der Waals surface area (Å²) in [5, 5.41) is 9.60. The van der Waals surface area contributed by atoms with Crippen molar-refractivity contribution in [3.63, 3.8) is 0 Å². The lowest BCUT2D eigenvalue weighted by Gasteiger charge is -2.11. The van der Waals surface area contributed by atoms with E-state index in [9.17, 15) is 5.11 Å². The van der Waals surface area contributed by atoms with Crippen LogP contribution < -0.4 is 10.5 Å². The van der Waals surface area contributed by atoms with E-state index >= 15 is 0 Å². The van der Waals surface area contributed by atoms with Gasteiger partial charge < -0.3 is 15.6 Å². The van der Waals surface area contributed by atoms with Gasteiger partial charge in [0.2, 0.25) is 0 Å². The van der Waals surface area contributed by atoms with Gasteiger partial charge in [0.05, 0.1) is 7.11 Å². The minimum Gasteiger partial charge on any atom is -0.504 e. The van der Waals surface area contributed by atoms with Crippen molar-refractivity contribution >= 4 is 0 Å². The molecule has 0 radical (unpaired) electrons. The molecule has 0 bridgehead atoms. The minimum atomic E-state index is 0.114. The van der Waals surface area contributed by atoms with Gasteiger partial charge >= 0.3 is 0 Å². The summed E-state index contributed by atoms with van der Waals surface area (Å²) in [6, 6.07) is 3.87. The van der Waals surface area contributed by atoms with E-state index in [4.69, 9.17) is 10.5 Å². The summed E-state index contributed by atoms with van der Waals surface area (Å²) in [6.45, 7) is 3.80. The average Bonchev–Trinajstić information content (AvgIpc) is 2.10. The van der Waals surface area contributed by atoms with E-state index in [2.05, 4.69) is 0 Å². The van der Waals surface area contributed by atoms with Crippen LogP contribution in [0.1, 0.15) is 18.1 Å². The molecule has 1 aromatic rings. The summed E-state index contributed by atoms with van der Waals surface area (Å²) in [5.41, 5.74) is 7.61. The third kappa shape index (κ3) is 2.39. The fraction of sp³-hybridized carbons (Fsp3) is 0.455. The van der Waals surface area contributed by atoms with Gasteiger partial charge in [0.25, 0.3) is 0 Å². The number of hydrogen-bond donors (Lipinski definition) is 2. The van der Waals surface area contributed by atoms with Crippen LogP contribution >= 0.6 is 0 Å². The minimum absolute atomic E-state index is 0.114. The molecule has 1 unspecified atom stereocenters. The number of methoxy groups -OCH3 is 1. The third-order valence-electron chi connectivity index (χ3n) is 2.10. The zero-order valence-electron chi connectivity index (χ0n) is 8.87. The largest absolute Gasteiger partial charge is 0.504 e. The number of rotatable bonds is 3. The number of nitrogens with two attached hydrogens (primary N) is 1. The molecule has 0 heterocycles. The van der Waals surface area contributed by atoms with E-state index in [1.165, 1.54) is 0 Å². The first kappa shape index (κ1) is 10.9. The van der Waals surface area contributed by atoms with E-state index in [0.29, 0.717) is 5.75 Å². The van der Waals surface area contributed by atoms with Crippen LogP contribution in [0.25, 0.3) is 0 Å². The standard InChI is InChI=1S/C11H17NO2/c1-7-4-9(5-8(2)12)6-10(14-3)11(7)13/h4,6,8,13H,5,12H2,1-3H3. The van der Waals surface area contributed by atoms with Gasteiger partial charge in [-0.15, -0.1) is 0 Å². The Hall–Kier alpha value is -1.22. The van der Waals surface area contributed by atoms with Crippen molar-refractivity contribution in [1.82, 2.24) is 0 Å². The molecule has 0 aliphatic carbocycles. The Labute approximate surface area is 84.5 Å². The highest BCUT2D eigenvalue weighted by atomic mass is 16.5. The maximum atomic E-state index is 9.60. The molecule has 78 valence electrons. The van der Waals surface area contributed by atoms with Crippen LogP contribution in [0.2, 0.25) is 0 Å². The molecule has 1 aromatic carbocycles. The summed E-state index contributed by atoms with van der Waals surface area (Å²) in [7, 11) is 1.55. The fourth-order valence-electron chi connectivity index (χ4n) is 1.46. The van der Waals surface area contributed by atoms with Gasteiger partial charge in [-0.25, -0.2) is 0 Å². The Bertz CT molecular complexity index is 321. The van der Waals surface area contributed by atoms with E-state index < -0.39 is 0 Å². The first-order valence-electron chi connectivity index (χ1n) is 4.66. The quantitative estimate of drug-likeness (QED) is 0.770. The molecule has 3 N–H and O–H groups in total. The number of aryl methyl sites for hydroxylation is 1. The van der Waals surface area contributed by atoms with Crippen LogP contribution in [-0.2, 0) is 6.42 Å². The molecule has 1 rings (SSSR count). The summed E-state index contributed by atoms with van der Waals surface area (Å²) in [5.74, 6) is 0.724. The molecule has 0 saturated carbocycles. The number of benzene rings is 1. The molecule has 3 nitrogen and oxygen atoms in total. The van der Waals surface area contributed by atoms with Crippen LogP contribution in [0.15, 0.2) is 12.1 Å². The van der Waals surface area contributed by atoms with Crippen molar-refractivity contribution in [2.24, 2.45) is 5.73 Å². The van der Waals surface area contributed by atoms with E-state index in [1.807, 2.05) is 26.0 Å². The van der Waals surface area contributed by atoms with Crippen molar-refractivity contribution in [3.05, 3.63) is 23.3 Å². The molecule has 0 aliphatic rings. The van der Waals surface area contributed by atoms with Gasteiger partial charge in [-0.2, -0.15) is 0 Å². The molecule has 3 heteroatoms. The fourth-order valence-corrected chi connectivity index (χ4v) is 1.46. The van der Waals surface area contributed by atoms with Gasteiger partial charge in [-0.1, -0.05) is 6.07 Å². The lowest BCUT2D eigenvalue weighted by atomic mass is 10.0. The molecule has 0 fully saturated rings. The van der Waals surface area contributed by atoms with E-state index in [1.54, 1.807) is 7.11 Å². The van der Waals surface area contributed by atoms with E-state index in [0.717, 1.165) is 17.5 Å². The Morgan fingerprint density at radius 2 is 2.14 bits per heavy atom. The highest BCUT2D eigenvalue weighted by molar-refractivity contribution is 5.47. The Morgan fingerprint density at radius 3 is 2.64 bits per heavy atom. The predicted octanol–water partition coefficient (Wildman–Crippen LogP) is 1.60. The molecule has 0 saturated heterocycles. The van der Waals surface area contributed by atoms with Gasteiger partial charge in [0.15, 0.2) is 11.5 Å². The lowest BCUT2D eigenvalue weighted by molar-refractivity contribution is 0.371. The second-order valence-electron chi connectivity index (χ2n) is 3.64. The maximum Gasteiger partial charge on any atom is 0.161 e. The van der Waals surface area contributed by atoms with Gasteiger partial charge in [-0.05, 0) is 37.5 Å². The molecular formula is C11H17NO2. The lowest BCUT2D eigenvalue weighted by Crippen LogP contribution is -2.17. The van der Waals surface area contributed by atoms with Gasteiger partial charge in [-0.3, -0.25) is 0 Å². The number of ether oxygens (including phenoxy) is 1. The summed E-state index contributed by atoms with van der Waals surface area (Å²) in [4.78, 5) is 0. The Balaban J connectivity index is 3.03. The summed E-state index contributed by atoms with van der Waals surface area (Å²) < 4.78 is 5.06. The summed E-state index contributed by atoms with van der Waals surface area (Å²) >= 11 is 0. The molecular weight excluding hydrogens is 178 g/mol. The molecule has 0 spiro atoms. The topological polar surface area (TPSA) is 55.5 Å². The van der Waals surface area contributed by atoms with Crippen molar-refractivity contribution in [1.29, 1.82) is 0 Å². The van der Waals surface area contributed by atoms with Crippen LogP contribution in [-0.4, -0.2) is 18.3 Å². The smallest absolute Gasteiger partial charge is 0.161 e.